The molecule has 1 aliphatic rings. The first-order valence-electron chi connectivity index (χ1n) is 9.67. The minimum Gasteiger partial charge on any atom is -0.493 e. The molecule has 1 aliphatic heterocycles. The molecule has 27 heavy (non-hydrogen) atoms. The van der Waals surface area contributed by atoms with Crippen LogP contribution in [0, 0.1) is 0 Å². The Hall–Kier alpha value is -2.53. The van der Waals surface area contributed by atoms with Gasteiger partial charge >= 0.3 is 0 Å². The molecule has 1 aromatic heterocycles. The highest BCUT2D eigenvalue weighted by Gasteiger charge is 2.24. The second-order valence-corrected chi connectivity index (χ2v) is 7.03. The number of fused-ring (bicyclic) bond motifs is 1. The number of rotatable bonds is 7. The van der Waals surface area contributed by atoms with E-state index in [1.165, 1.54) is 5.39 Å². The third-order valence-corrected chi connectivity index (χ3v) is 5.32. The Labute approximate surface area is 159 Å². The number of methoxy groups -OCH3 is 1. The number of nitrogens with zero attached hydrogens (tertiary/aromatic N) is 2. The second kappa shape index (κ2) is 8.44. The van der Waals surface area contributed by atoms with Crippen LogP contribution < -0.4 is 9.47 Å². The van der Waals surface area contributed by atoms with E-state index in [0.717, 1.165) is 61.7 Å². The van der Waals surface area contributed by atoms with Gasteiger partial charge in [0, 0.05) is 17.8 Å². The number of hydrogen-bond donors (Lipinski definition) is 0. The van der Waals surface area contributed by atoms with Crippen LogP contribution in [0.15, 0.2) is 53.1 Å². The van der Waals surface area contributed by atoms with Crippen molar-refractivity contribution >= 4 is 11.0 Å². The van der Waals surface area contributed by atoms with Crippen LogP contribution in [0.4, 0.5) is 0 Å². The fourth-order valence-corrected chi connectivity index (χ4v) is 3.84. The van der Waals surface area contributed by atoms with Crippen LogP contribution in [0.3, 0.4) is 0 Å². The largest absolute Gasteiger partial charge is 0.493 e. The standard InChI is InChI=1S/C22H26N2O3/c1-25-20-9-4-5-10-21(20)26-16-6-13-24-14-11-17(12-15-24)22-18-7-2-3-8-19(18)27-23-22/h2-5,7-10,17H,6,11-16H2,1H3. The van der Waals surface area contributed by atoms with E-state index in [1.807, 2.05) is 36.4 Å². The summed E-state index contributed by atoms with van der Waals surface area (Å²) < 4.78 is 16.7. The van der Waals surface area contributed by atoms with Gasteiger partial charge in [0.05, 0.1) is 19.4 Å². The van der Waals surface area contributed by atoms with Crippen molar-refractivity contribution in [2.45, 2.75) is 25.2 Å². The minimum atomic E-state index is 0.495. The lowest BCUT2D eigenvalue weighted by Gasteiger charge is -2.31. The van der Waals surface area contributed by atoms with E-state index in [4.69, 9.17) is 14.0 Å². The van der Waals surface area contributed by atoms with Gasteiger partial charge in [-0.1, -0.05) is 29.4 Å². The maximum atomic E-state index is 5.87. The maximum absolute atomic E-state index is 5.87. The number of piperidine rings is 1. The molecule has 0 radical (unpaired) electrons. The highest BCUT2D eigenvalue weighted by atomic mass is 16.5. The van der Waals surface area contributed by atoms with Gasteiger partial charge in [0.15, 0.2) is 17.1 Å². The molecule has 0 aliphatic carbocycles. The van der Waals surface area contributed by atoms with E-state index in [2.05, 4.69) is 22.2 Å². The Balaban J connectivity index is 1.23. The highest BCUT2D eigenvalue weighted by Crippen LogP contribution is 2.32. The van der Waals surface area contributed by atoms with E-state index in [0.29, 0.717) is 12.5 Å². The monoisotopic (exact) mass is 366 g/mol. The average Bonchev–Trinajstić information content (AvgIpc) is 3.16. The zero-order chi connectivity index (χ0) is 18.5. The normalized spacial score (nSPS) is 15.9. The number of para-hydroxylation sites is 3. The zero-order valence-electron chi connectivity index (χ0n) is 15.8. The van der Waals surface area contributed by atoms with Crippen molar-refractivity contribution in [2.75, 3.05) is 33.4 Å². The summed E-state index contributed by atoms with van der Waals surface area (Å²) in [4.78, 5) is 2.52. The van der Waals surface area contributed by atoms with Gasteiger partial charge < -0.3 is 18.9 Å². The second-order valence-electron chi connectivity index (χ2n) is 7.03. The van der Waals surface area contributed by atoms with Crippen LogP contribution in [0.5, 0.6) is 11.5 Å². The SMILES string of the molecule is COc1ccccc1OCCCN1CCC(c2noc3ccccc23)CC1. The van der Waals surface area contributed by atoms with Crippen molar-refractivity contribution in [2.24, 2.45) is 0 Å². The summed E-state index contributed by atoms with van der Waals surface area (Å²) >= 11 is 0. The first-order valence-corrected chi connectivity index (χ1v) is 9.67. The molecule has 4 rings (SSSR count). The molecule has 0 amide bonds. The van der Waals surface area contributed by atoms with Gasteiger partial charge in [-0.15, -0.1) is 0 Å². The fourth-order valence-electron chi connectivity index (χ4n) is 3.84. The van der Waals surface area contributed by atoms with E-state index < -0.39 is 0 Å². The molecule has 5 nitrogen and oxygen atoms in total. The molecule has 1 fully saturated rings. The minimum absolute atomic E-state index is 0.495. The topological polar surface area (TPSA) is 47.7 Å². The first kappa shape index (κ1) is 17.9. The Morgan fingerprint density at radius 3 is 2.59 bits per heavy atom. The predicted molar refractivity (Wildman–Crippen MR) is 106 cm³/mol. The molecule has 0 spiro atoms. The predicted octanol–water partition coefficient (Wildman–Crippen LogP) is 4.48. The molecule has 0 unspecified atom stereocenters. The molecule has 0 N–H and O–H groups in total. The molecular weight excluding hydrogens is 340 g/mol. The van der Waals surface area contributed by atoms with Gasteiger partial charge in [0.25, 0.3) is 0 Å². The van der Waals surface area contributed by atoms with E-state index in [9.17, 15) is 0 Å². The van der Waals surface area contributed by atoms with Gasteiger partial charge in [0.2, 0.25) is 0 Å². The summed E-state index contributed by atoms with van der Waals surface area (Å²) in [6.07, 6.45) is 3.27. The highest BCUT2D eigenvalue weighted by molar-refractivity contribution is 5.79. The van der Waals surface area contributed by atoms with Crippen molar-refractivity contribution in [1.29, 1.82) is 0 Å². The van der Waals surface area contributed by atoms with E-state index in [1.54, 1.807) is 7.11 Å². The van der Waals surface area contributed by atoms with Gasteiger partial charge in [0.1, 0.15) is 0 Å². The fraction of sp³-hybridized carbons (Fsp3) is 0.409. The number of benzene rings is 2. The lowest BCUT2D eigenvalue weighted by molar-refractivity contribution is 0.189. The number of ether oxygens (including phenoxy) is 2. The third kappa shape index (κ3) is 4.08. The van der Waals surface area contributed by atoms with Crippen LogP contribution in [0.1, 0.15) is 30.9 Å². The van der Waals surface area contributed by atoms with Gasteiger partial charge in [-0.2, -0.15) is 0 Å². The lowest BCUT2D eigenvalue weighted by atomic mass is 9.91. The first-order chi connectivity index (χ1) is 13.3. The molecule has 2 aromatic carbocycles. The smallest absolute Gasteiger partial charge is 0.167 e. The van der Waals surface area contributed by atoms with Gasteiger partial charge in [-0.25, -0.2) is 0 Å². The van der Waals surface area contributed by atoms with Crippen molar-refractivity contribution in [3.05, 3.63) is 54.2 Å². The van der Waals surface area contributed by atoms with Crippen molar-refractivity contribution < 1.29 is 14.0 Å². The number of likely N-dealkylation sites (tertiary alicyclic amines) is 1. The van der Waals surface area contributed by atoms with Crippen LogP contribution in [-0.4, -0.2) is 43.4 Å². The average molecular weight is 366 g/mol. The Bertz CT molecular complexity index is 869. The molecule has 0 bridgehead atoms. The zero-order valence-corrected chi connectivity index (χ0v) is 15.8. The molecule has 1 saturated heterocycles. The van der Waals surface area contributed by atoms with Crippen LogP contribution >= 0.6 is 0 Å². The molecule has 0 saturated carbocycles. The number of hydrogen-bond acceptors (Lipinski definition) is 5. The van der Waals surface area contributed by atoms with Gasteiger partial charge in [-0.05, 0) is 56.6 Å². The molecule has 0 atom stereocenters. The maximum Gasteiger partial charge on any atom is 0.167 e. The van der Waals surface area contributed by atoms with Crippen molar-refractivity contribution in [3.8, 4) is 11.5 Å². The van der Waals surface area contributed by atoms with Gasteiger partial charge in [-0.3, -0.25) is 0 Å². The van der Waals surface area contributed by atoms with E-state index in [-0.39, 0.29) is 0 Å². The number of aromatic nitrogens is 1. The molecular formula is C22H26N2O3. The molecule has 5 heteroatoms. The summed E-state index contributed by atoms with van der Waals surface area (Å²) in [6, 6.07) is 15.9. The summed E-state index contributed by atoms with van der Waals surface area (Å²) in [7, 11) is 1.67. The van der Waals surface area contributed by atoms with Crippen LogP contribution in [-0.2, 0) is 0 Å². The molecule has 142 valence electrons. The summed E-state index contributed by atoms with van der Waals surface area (Å²) in [5, 5.41) is 5.51. The Kier molecular flexibility index (Phi) is 5.58. The van der Waals surface area contributed by atoms with E-state index >= 15 is 0 Å². The third-order valence-electron chi connectivity index (χ3n) is 5.32. The van der Waals surface area contributed by atoms with Crippen molar-refractivity contribution in [1.82, 2.24) is 10.1 Å². The summed E-state index contributed by atoms with van der Waals surface area (Å²) in [5.74, 6) is 2.10. The summed E-state index contributed by atoms with van der Waals surface area (Å²) in [5.41, 5.74) is 2.02. The lowest BCUT2D eigenvalue weighted by Crippen LogP contribution is -2.34. The van der Waals surface area contributed by atoms with Crippen LogP contribution in [0.25, 0.3) is 11.0 Å². The Morgan fingerprint density at radius 1 is 1.04 bits per heavy atom. The quantitative estimate of drug-likeness (QED) is 0.577. The van der Waals surface area contributed by atoms with Crippen molar-refractivity contribution in [3.63, 3.8) is 0 Å². The molecule has 2 heterocycles. The summed E-state index contributed by atoms with van der Waals surface area (Å²) in [6.45, 7) is 3.96. The van der Waals surface area contributed by atoms with Crippen LogP contribution in [0.2, 0.25) is 0 Å². The molecule has 3 aromatic rings. The Morgan fingerprint density at radius 2 is 1.78 bits per heavy atom.